The van der Waals surface area contributed by atoms with Crippen molar-refractivity contribution in [3.8, 4) is 0 Å². The Balaban J connectivity index is 1.10. The Morgan fingerprint density at radius 2 is 1.37 bits per heavy atom. The topological polar surface area (TPSA) is 96.3 Å². The zero-order valence-electron chi connectivity index (χ0n) is 23.9. The van der Waals surface area contributed by atoms with Gasteiger partial charge in [0.15, 0.2) is 0 Å². The summed E-state index contributed by atoms with van der Waals surface area (Å²) in [5.74, 6) is 2.85. The number of rotatable bonds is 9. The van der Waals surface area contributed by atoms with Crippen molar-refractivity contribution in [3.05, 3.63) is 48.5 Å². The Bertz CT molecular complexity index is 1420. The molecule has 0 saturated carbocycles. The van der Waals surface area contributed by atoms with Gasteiger partial charge in [0.25, 0.3) is 0 Å². The number of hydrogen-bond acceptors (Lipinski definition) is 9. The van der Waals surface area contributed by atoms with E-state index in [-0.39, 0.29) is 6.54 Å². The molecule has 3 fully saturated rings. The van der Waals surface area contributed by atoms with E-state index >= 15 is 0 Å². The monoisotopic (exact) mass is 579 g/mol. The van der Waals surface area contributed by atoms with Crippen LogP contribution in [-0.4, -0.2) is 106 Å². The van der Waals surface area contributed by atoms with Gasteiger partial charge >= 0.3 is 0 Å². The first-order valence-electron chi connectivity index (χ1n) is 14.8. The second-order valence-electron chi connectivity index (χ2n) is 11.5. The molecule has 1 N–H and O–H groups in total. The van der Waals surface area contributed by atoms with E-state index in [0.29, 0.717) is 12.2 Å². The molecule has 1 atom stereocenters. The van der Waals surface area contributed by atoms with E-state index in [2.05, 4.69) is 25.7 Å². The smallest absolute Gasteiger partial charge is 0.232 e. The van der Waals surface area contributed by atoms with E-state index in [0.717, 1.165) is 80.7 Å². The van der Waals surface area contributed by atoms with Gasteiger partial charge in [-0.1, -0.05) is 30.3 Å². The van der Waals surface area contributed by atoms with Gasteiger partial charge in [0, 0.05) is 65.0 Å². The molecular weight excluding hydrogens is 538 g/mol. The average molecular weight is 580 g/mol. The molecule has 11 heteroatoms. The molecule has 220 valence electrons. The predicted octanol–water partition coefficient (Wildman–Crippen LogP) is 2.78. The lowest BCUT2D eigenvalue weighted by molar-refractivity contribution is 0.115. The molecule has 0 amide bonds. The molecule has 3 aliphatic rings. The maximum absolute atomic E-state index is 12.7. The molecule has 4 heterocycles. The van der Waals surface area contributed by atoms with Crippen molar-refractivity contribution in [2.45, 2.75) is 31.8 Å². The highest BCUT2D eigenvalue weighted by molar-refractivity contribution is 7.92. The fourth-order valence-corrected chi connectivity index (χ4v) is 7.15. The van der Waals surface area contributed by atoms with Crippen LogP contribution in [-0.2, 0) is 10.0 Å². The van der Waals surface area contributed by atoms with Gasteiger partial charge in [-0.15, -0.1) is 0 Å². The van der Waals surface area contributed by atoms with Crippen LogP contribution in [0.15, 0.2) is 48.5 Å². The first kappa shape index (κ1) is 28.0. The fourth-order valence-electron chi connectivity index (χ4n) is 6.21. The zero-order chi connectivity index (χ0) is 28.4. The second kappa shape index (κ2) is 12.0. The van der Waals surface area contributed by atoms with Crippen molar-refractivity contribution < 1.29 is 13.5 Å². The molecule has 2 aromatic carbocycles. The van der Waals surface area contributed by atoms with Crippen LogP contribution in [0.3, 0.4) is 0 Å². The van der Waals surface area contributed by atoms with E-state index in [1.54, 1.807) is 0 Å². The first-order valence-corrected chi connectivity index (χ1v) is 16.7. The van der Waals surface area contributed by atoms with Crippen LogP contribution in [0.5, 0.6) is 0 Å². The Kier molecular flexibility index (Phi) is 8.19. The lowest BCUT2D eigenvalue weighted by Gasteiger charge is -2.37. The Labute approximate surface area is 243 Å². The number of piperazine rings is 1. The highest BCUT2D eigenvalue weighted by atomic mass is 32.2. The second-order valence-corrected chi connectivity index (χ2v) is 13.4. The van der Waals surface area contributed by atoms with E-state index in [9.17, 15) is 13.5 Å². The third-order valence-corrected chi connectivity index (χ3v) is 9.63. The standard InChI is InChI=1S/C30H41N7O3S/c1-41(39,40)37(26-11-10-24-8-2-3-9-25(24)20-26)23-27(38)22-33-16-18-35(19-17-33)29-21-28(34-12-4-5-13-34)31-30(32-29)36-14-6-7-15-36/h2-3,8-11,20-21,27,38H,4-7,12-19,22-23H2,1H3. The third-order valence-electron chi connectivity index (χ3n) is 8.47. The molecule has 1 unspecified atom stereocenters. The van der Waals surface area contributed by atoms with Gasteiger partial charge in [-0.25, -0.2) is 8.42 Å². The summed E-state index contributed by atoms with van der Waals surface area (Å²) in [7, 11) is -3.57. The maximum Gasteiger partial charge on any atom is 0.232 e. The summed E-state index contributed by atoms with van der Waals surface area (Å²) in [5, 5.41) is 13.0. The number of sulfonamides is 1. The molecule has 3 saturated heterocycles. The SMILES string of the molecule is CS(=O)(=O)N(CC(O)CN1CCN(c2cc(N3CCCC3)nc(N3CCCC3)n2)CC1)c1ccc2ccccc2c1. The van der Waals surface area contributed by atoms with Gasteiger partial charge in [0.05, 0.1) is 24.6 Å². The normalized spacial score (nSPS) is 19.3. The summed E-state index contributed by atoms with van der Waals surface area (Å²) in [6.45, 7) is 7.68. The molecule has 3 aliphatic heterocycles. The summed E-state index contributed by atoms with van der Waals surface area (Å²) < 4.78 is 26.8. The molecule has 41 heavy (non-hydrogen) atoms. The van der Waals surface area contributed by atoms with E-state index in [4.69, 9.17) is 9.97 Å². The molecule has 0 radical (unpaired) electrons. The van der Waals surface area contributed by atoms with Crippen LogP contribution in [0, 0.1) is 0 Å². The lowest BCUT2D eigenvalue weighted by atomic mass is 10.1. The summed E-state index contributed by atoms with van der Waals surface area (Å²) in [6.07, 6.45) is 5.16. The highest BCUT2D eigenvalue weighted by Gasteiger charge is 2.27. The number of nitrogens with zero attached hydrogens (tertiary/aromatic N) is 7. The maximum atomic E-state index is 12.7. The molecule has 6 rings (SSSR count). The summed E-state index contributed by atoms with van der Waals surface area (Å²) in [5.41, 5.74) is 0.571. The average Bonchev–Trinajstić information content (AvgIpc) is 3.71. The number of β-amino-alcohol motifs (C(OH)–C–C–N with tert-alkyl or cyclic N) is 1. The van der Waals surface area contributed by atoms with Crippen LogP contribution in [0.25, 0.3) is 10.8 Å². The first-order chi connectivity index (χ1) is 19.8. The van der Waals surface area contributed by atoms with Crippen molar-refractivity contribution in [1.82, 2.24) is 14.9 Å². The van der Waals surface area contributed by atoms with Crippen molar-refractivity contribution in [2.24, 2.45) is 0 Å². The van der Waals surface area contributed by atoms with E-state index in [1.807, 2.05) is 42.5 Å². The van der Waals surface area contributed by atoms with Crippen molar-refractivity contribution in [3.63, 3.8) is 0 Å². The number of fused-ring (bicyclic) bond motifs is 1. The predicted molar refractivity (Wildman–Crippen MR) is 166 cm³/mol. The van der Waals surface area contributed by atoms with Gasteiger partial charge in [-0.05, 0) is 48.6 Å². The molecular formula is C30H41N7O3S. The van der Waals surface area contributed by atoms with Crippen LogP contribution in [0.2, 0.25) is 0 Å². The number of aromatic nitrogens is 2. The minimum Gasteiger partial charge on any atom is -0.390 e. The molecule has 10 nitrogen and oxygen atoms in total. The number of aliphatic hydroxyl groups is 1. The Hall–Kier alpha value is -3.15. The van der Waals surface area contributed by atoms with Gasteiger partial charge in [-0.3, -0.25) is 9.21 Å². The van der Waals surface area contributed by atoms with Crippen molar-refractivity contribution in [2.75, 3.05) is 90.7 Å². The number of benzene rings is 2. The van der Waals surface area contributed by atoms with Crippen molar-refractivity contribution in [1.29, 1.82) is 0 Å². The molecule has 0 bridgehead atoms. The zero-order valence-corrected chi connectivity index (χ0v) is 24.7. The Morgan fingerprint density at radius 3 is 2.00 bits per heavy atom. The summed E-state index contributed by atoms with van der Waals surface area (Å²) in [6, 6.07) is 15.6. The van der Waals surface area contributed by atoms with Crippen LogP contribution in [0.4, 0.5) is 23.3 Å². The summed E-state index contributed by atoms with van der Waals surface area (Å²) in [4.78, 5) is 19.2. The molecule has 0 aliphatic carbocycles. The largest absolute Gasteiger partial charge is 0.390 e. The lowest BCUT2D eigenvalue weighted by Crippen LogP contribution is -2.50. The highest BCUT2D eigenvalue weighted by Crippen LogP contribution is 2.28. The number of anilines is 4. The summed E-state index contributed by atoms with van der Waals surface area (Å²) >= 11 is 0. The molecule has 1 aromatic heterocycles. The fraction of sp³-hybridized carbons (Fsp3) is 0.533. The van der Waals surface area contributed by atoms with Crippen LogP contribution >= 0.6 is 0 Å². The molecule has 3 aromatic rings. The van der Waals surface area contributed by atoms with Crippen molar-refractivity contribution >= 4 is 44.1 Å². The van der Waals surface area contributed by atoms with Gasteiger partial charge in [-0.2, -0.15) is 9.97 Å². The van der Waals surface area contributed by atoms with Gasteiger partial charge < -0.3 is 19.8 Å². The van der Waals surface area contributed by atoms with Crippen LogP contribution in [0.1, 0.15) is 25.7 Å². The Morgan fingerprint density at radius 1 is 0.780 bits per heavy atom. The quantitative estimate of drug-likeness (QED) is 0.411. The number of aliphatic hydroxyl groups excluding tert-OH is 1. The molecule has 0 spiro atoms. The number of hydrogen-bond donors (Lipinski definition) is 1. The minimum absolute atomic E-state index is 0.0156. The van der Waals surface area contributed by atoms with E-state index < -0.39 is 16.1 Å². The minimum atomic E-state index is -3.57. The van der Waals surface area contributed by atoms with E-state index in [1.165, 1.54) is 36.2 Å². The van der Waals surface area contributed by atoms with Gasteiger partial charge in [0.1, 0.15) is 11.6 Å². The van der Waals surface area contributed by atoms with Gasteiger partial charge in [0.2, 0.25) is 16.0 Å². The third kappa shape index (κ3) is 6.52. The van der Waals surface area contributed by atoms with Crippen LogP contribution < -0.4 is 19.0 Å².